The predicted molar refractivity (Wildman–Crippen MR) is 118 cm³/mol. The van der Waals surface area contributed by atoms with Crippen molar-refractivity contribution in [1.82, 2.24) is 9.38 Å². The minimum absolute atomic E-state index is 0.168. The van der Waals surface area contributed by atoms with E-state index in [4.69, 9.17) is 21.1 Å². The minimum atomic E-state index is -0.168. The van der Waals surface area contributed by atoms with Crippen molar-refractivity contribution in [2.24, 2.45) is 0 Å². The molecule has 0 bridgehead atoms. The van der Waals surface area contributed by atoms with Crippen LogP contribution in [0.1, 0.15) is 12.6 Å². The van der Waals surface area contributed by atoms with Crippen molar-refractivity contribution in [3.05, 3.63) is 94.0 Å². The molecule has 4 aromatic rings. The maximum absolute atomic E-state index is 12.3. The van der Waals surface area contributed by atoms with E-state index in [2.05, 4.69) is 10.3 Å². The lowest BCUT2D eigenvalue weighted by atomic mass is 10.3. The minimum Gasteiger partial charge on any atom is -0.494 e. The second-order valence-corrected chi connectivity index (χ2v) is 6.98. The molecule has 1 N–H and O–H groups in total. The average Bonchev–Trinajstić information content (AvgIpc) is 2.75. The van der Waals surface area contributed by atoms with Gasteiger partial charge in [-0.2, -0.15) is 0 Å². The zero-order valence-corrected chi connectivity index (χ0v) is 17.1. The van der Waals surface area contributed by atoms with Crippen LogP contribution in [0, 0.1) is 0 Å². The summed E-state index contributed by atoms with van der Waals surface area (Å²) in [6.45, 7) is 3.00. The van der Waals surface area contributed by atoms with Gasteiger partial charge in [-0.25, -0.2) is 4.98 Å². The Kier molecular flexibility index (Phi) is 5.86. The number of nitrogens with one attached hydrogen (secondary N) is 1. The van der Waals surface area contributed by atoms with Gasteiger partial charge in [0.05, 0.1) is 23.9 Å². The molecule has 0 aliphatic rings. The third-order valence-electron chi connectivity index (χ3n) is 4.37. The van der Waals surface area contributed by atoms with Crippen molar-refractivity contribution in [3.8, 4) is 17.2 Å². The molecule has 0 fully saturated rings. The number of aromatic nitrogens is 2. The maximum atomic E-state index is 12.3. The van der Waals surface area contributed by atoms with E-state index < -0.39 is 0 Å². The van der Waals surface area contributed by atoms with Crippen molar-refractivity contribution in [1.29, 1.82) is 0 Å². The Morgan fingerprint density at radius 2 is 1.63 bits per heavy atom. The van der Waals surface area contributed by atoms with E-state index in [-0.39, 0.29) is 5.56 Å². The Balaban J connectivity index is 1.39. The summed E-state index contributed by atoms with van der Waals surface area (Å²) in [5.41, 5.74) is 1.94. The van der Waals surface area contributed by atoms with E-state index in [1.54, 1.807) is 18.3 Å². The van der Waals surface area contributed by atoms with Crippen LogP contribution < -0.4 is 20.3 Å². The highest BCUT2D eigenvalue weighted by Gasteiger charge is 2.04. The number of fused-ring (bicyclic) bond motifs is 1. The molecule has 2 aromatic heterocycles. The molecule has 2 aromatic carbocycles. The number of nitrogens with zero attached hydrogens (tertiary/aromatic N) is 2. The predicted octanol–water partition coefficient (Wildman–Crippen LogP) is 5.15. The van der Waals surface area contributed by atoms with Crippen LogP contribution in [0.3, 0.4) is 0 Å². The fraction of sp³-hybridized carbons (Fsp3) is 0.130. The van der Waals surface area contributed by atoms with Crippen molar-refractivity contribution < 1.29 is 9.47 Å². The molecule has 2 heterocycles. The zero-order valence-electron chi connectivity index (χ0n) is 16.3. The molecule has 30 heavy (non-hydrogen) atoms. The van der Waals surface area contributed by atoms with Gasteiger partial charge >= 0.3 is 0 Å². The normalized spacial score (nSPS) is 10.7. The number of pyridine rings is 1. The van der Waals surface area contributed by atoms with Crippen LogP contribution in [-0.4, -0.2) is 16.0 Å². The van der Waals surface area contributed by atoms with Gasteiger partial charge in [-0.3, -0.25) is 9.20 Å². The topological polar surface area (TPSA) is 64.9 Å². The Hall–Kier alpha value is -3.51. The van der Waals surface area contributed by atoms with Crippen molar-refractivity contribution in [2.75, 3.05) is 11.9 Å². The van der Waals surface area contributed by atoms with Crippen molar-refractivity contribution >= 4 is 22.9 Å². The van der Waals surface area contributed by atoms with Gasteiger partial charge in [0, 0.05) is 18.0 Å². The van der Waals surface area contributed by atoms with Gasteiger partial charge < -0.3 is 14.8 Å². The quantitative estimate of drug-likeness (QED) is 0.447. The lowest BCUT2D eigenvalue weighted by Gasteiger charge is -2.10. The second kappa shape index (κ2) is 8.88. The van der Waals surface area contributed by atoms with E-state index in [9.17, 15) is 4.79 Å². The molecule has 6 nitrogen and oxygen atoms in total. The maximum Gasteiger partial charge on any atom is 0.258 e. The zero-order chi connectivity index (χ0) is 20.9. The number of halogens is 1. The van der Waals surface area contributed by atoms with Gasteiger partial charge in [0.15, 0.2) is 0 Å². The first kappa shape index (κ1) is 19.8. The molecular weight excluding hydrogens is 402 g/mol. The van der Waals surface area contributed by atoms with E-state index in [1.807, 2.05) is 55.5 Å². The van der Waals surface area contributed by atoms with Gasteiger partial charge in [0.25, 0.3) is 5.56 Å². The van der Waals surface area contributed by atoms with Gasteiger partial charge in [-0.05, 0) is 67.6 Å². The Morgan fingerprint density at radius 3 is 2.33 bits per heavy atom. The third kappa shape index (κ3) is 4.72. The number of benzene rings is 2. The summed E-state index contributed by atoms with van der Waals surface area (Å²) in [6.07, 6.45) is 1.56. The summed E-state index contributed by atoms with van der Waals surface area (Å²) < 4.78 is 12.7. The molecule has 0 aliphatic carbocycles. The van der Waals surface area contributed by atoms with Crippen LogP contribution in [0.25, 0.3) is 5.65 Å². The first-order chi connectivity index (χ1) is 14.6. The summed E-state index contributed by atoms with van der Waals surface area (Å²) in [5.74, 6) is 2.28. The van der Waals surface area contributed by atoms with E-state index in [0.717, 1.165) is 22.9 Å². The lowest BCUT2D eigenvalue weighted by Crippen LogP contribution is -2.16. The molecular formula is C23H20ClN3O3. The monoisotopic (exact) mass is 421 g/mol. The number of hydrogen-bond donors (Lipinski definition) is 1. The molecule has 0 saturated carbocycles. The van der Waals surface area contributed by atoms with Gasteiger partial charge in [-0.15, -0.1) is 0 Å². The molecule has 0 unspecified atom stereocenters. The Labute approximate surface area is 178 Å². The fourth-order valence-corrected chi connectivity index (χ4v) is 3.12. The number of ether oxygens (including phenoxy) is 2. The second-order valence-electron chi connectivity index (χ2n) is 6.55. The fourth-order valence-electron chi connectivity index (χ4n) is 2.96. The lowest BCUT2D eigenvalue weighted by molar-refractivity contribution is 0.339. The van der Waals surface area contributed by atoms with Crippen LogP contribution in [0.4, 0.5) is 5.69 Å². The standard InChI is InChI=1S/C23H20ClN3O3/c1-2-29-19-8-10-21(11-9-19)30-20-6-4-17(5-7-20)25-14-18-13-23(28)27-15-16(24)3-12-22(27)26-18/h3-13,15,25H,2,14H2,1H3. The van der Waals surface area contributed by atoms with Crippen LogP contribution in [0.2, 0.25) is 5.02 Å². The summed E-state index contributed by atoms with van der Waals surface area (Å²) >= 11 is 5.94. The van der Waals surface area contributed by atoms with Crippen LogP contribution in [-0.2, 0) is 6.54 Å². The molecule has 4 rings (SSSR count). The average molecular weight is 422 g/mol. The third-order valence-corrected chi connectivity index (χ3v) is 4.60. The van der Waals surface area contributed by atoms with Crippen LogP contribution in [0.15, 0.2) is 77.7 Å². The molecule has 0 aliphatic heterocycles. The Bertz CT molecular complexity index is 1210. The largest absolute Gasteiger partial charge is 0.494 e. The molecule has 0 saturated heterocycles. The van der Waals surface area contributed by atoms with Gasteiger partial charge in [0.2, 0.25) is 0 Å². The molecule has 0 amide bonds. The highest BCUT2D eigenvalue weighted by atomic mass is 35.5. The SMILES string of the molecule is CCOc1ccc(Oc2ccc(NCc3cc(=O)n4cc(Cl)ccc4n3)cc2)cc1. The smallest absolute Gasteiger partial charge is 0.258 e. The summed E-state index contributed by atoms with van der Waals surface area (Å²) in [6, 6.07) is 20.0. The van der Waals surface area contributed by atoms with E-state index in [0.29, 0.717) is 29.5 Å². The van der Waals surface area contributed by atoms with Crippen molar-refractivity contribution in [2.45, 2.75) is 13.5 Å². The summed E-state index contributed by atoms with van der Waals surface area (Å²) in [5, 5.41) is 3.76. The van der Waals surface area contributed by atoms with E-state index >= 15 is 0 Å². The molecule has 0 atom stereocenters. The highest BCUT2D eigenvalue weighted by Crippen LogP contribution is 2.25. The van der Waals surface area contributed by atoms with E-state index in [1.165, 1.54) is 10.5 Å². The first-order valence-corrected chi connectivity index (χ1v) is 9.91. The van der Waals surface area contributed by atoms with Gasteiger partial charge in [0.1, 0.15) is 22.9 Å². The Morgan fingerprint density at radius 1 is 0.967 bits per heavy atom. The van der Waals surface area contributed by atoms with Crippen LogP contribution >= 0.6 is 11.6 Å². The summed E-state index contributed by atoms with van der Waals surface area (Å²) in [4.78, 5) is 16.7. The first-order valence-electron chi connectivity index (χ1n) is 9.53. The van der Waals surface area contributed by atoms with Crippen molar-refractivity contribution in [3.63, 3.8) is 0 Å². The van der Waals surface area contributed by atoms with Crippen LogP contribution in [0.5, 0.6) is 17.2 Å². The molecule has 0 radical (unpaired) electrons. The molecule has 152 valence electrons. The molecule has 0 spiro atoms. The number of anilines is 1. The number of hydrogen-bond acceptors (Lipinski definition) is 5. The number of rotatable bonds is 7. The highest BCUT2D eigenvalue weighted by molar-refractivity contribution is 6.30. The summed E-state index contributed by atoms with van der Waals surface area (Å²) in [7, 11) is 0. The molecule has 7 heteroatoms. The van der Waals surface area contributed by atoms with Gasteiger partial charge in [-0.1, -0.05) is 11.6 Å².